The Labute approximate surface area is 169 Å². The fourth-order valence-electron chi connectivity index (χ4n) is 3.87. The van der Waals surface area contributed by atoms with E-state index in [1.807, 2.05) is 6.92 Å². The minimum absolute atomic E-state index is 0.0673. The van der Waals surface area contributed by atoms with Crippen molar-refractivity contribution in [1.29, 1.82) is 0 Å². The lowest BCUT2D eigenvalue weighted by Crippen LogP contribution is -2.28. The number of nitrogens with one attached hydrogen (secondary N) is 1. The van der Waals surface area contributed by atoms with E-state index >= 15 is 0 Å². The highest BCUT2D eigenvalue weighted by Gasteiger charge is 2.23. The Kier molecular flexibility index (Phi) is 6.26. The summed E-state index contributed by atoms with van der Waals surface area (Å²) < 4.78 is 5.92. The zero-order valence-electron chi connectivity index (χ0n) is 18.0. The molecule has 1 aliphatic carbocycles. The standard InChI is InChI=1S/C24H34N2O2/c1-6-20(19-12-11-17-9-7-8-10-18(17)15-19)26-22(27)14-13-21-16(2)25-23(28-21)24(3,4)5/h11-12,15,20H,6-10,13-14H2,1-5H3,(H,26,27). The highest BCUT2D eigenvalue weighted by atomic mass is 16.4. The summed E-state index contributed by atoms with van der Waals surface area (Å²) in [7, 11) is 0. The van der Waals surface area contributed by atoms with Crippen molar-refractivity contribution in [3.8, 4) is 0 Å². The first kappa shape index (κ1) is 20.6. The van der Waals surface area contributed by atoms with Crippen molar-refractivity contribution in [3.63, 3.8) is 0 Å². The van der Waals surface area contributed by atoms with Crippen LogP contribution in [0.3, 0.4) is 0 Å². The van der Waals surface area contributed by atoms with E-state index in [-0.39, 0.29) is 17.4 Å². The normalized spacial score (nSPS) is 15.2. The molecule has 1 heterocycles. The van der Waals surface area contributed by atoms with E-state index in [0.717, 1.165) is 30.2 Å². The third-order valence-electron chi connectivity index (χ3n) is 5.63. The topological polar surface area (TPSA) is 55.1 Å². The van der Waals surface area contributed by atoms with Crippen molar-refractivity contribution in [3.05, 3.63) is 52.2 Å². The van der Waals surface area contributed by atoms with Gasteiger partial charge < -0.3 is 9.73 Å². The Morgan fingerprint density at radius 1 is 1.21 bits per heavy atom. The van der Waals surface area contributed by atoms with Crippen molar-refractivity contribution >= 4 is 5.91 Å². The summed E-state index contributed by atoms with van der Waals surface area (Å²) in [6.45, 7) is 10.3. The molecule has 0 saturated carbocycles. The lowest BCUT2D eigenvalue weighted by atomic mass is 9.89. The number of benzene rings is 1. The van der Waals surface area contributed by atoms with Gasteiger partial charge in [0.05, 0.1) is 11.7 Å². The minimum atomic E-state index is -0.120. The van der Waals surface area contributed by atoms with Gasteiger partial charge in [-0.1, -0.05) is 45.9 Å². The molecule has 2 aromatic rings. The number of aryl methyl sites for hydroxylation is 4. The van der Waals surface area contributed by atoms with Crippen LogP contribution in [0.25, 0.3) is 0 Å². The quantitative estimate of drug-likeness (QED) is 0.732. The van der Waals surface area contributed by atoms with Crippen LogP contribution < -0.4 is 5.32 Å². The summed E-state index contributed by atoms with van der Waals surface area (Å²) in [5.41, 5.74) is 4.93. The molecule has 4 nitrogen and oxygen atoms in total. The Hall–Kier alpha value is -2.10. The maximum atomic E-state index is 12.6. The van der Waals surface area contributed by atoms with Crippen LogP contribution in [0.4, 0.5) is 0 Å². The summed E-state index contributed by atoms with van der Waals surface area (Å²) in [5, 5.41) is 3.22. The fraction of sp³-hybridized carbons (Fsp3) is 0.583. The summed E-state index contributed by atoms with van der Waals surface area (Å²) in [6, 6.07) is 6.82. The largest absolute Gasteiger partial charge is 0.445 e. The third-order valence-corrected chi connectivity index (χ3v) is 5.63. The Bertz CT molecular complexity index is 830. The Morgan fingerprint density at radius 2 is 1.93 bits per heavy atom. The molecule has 1 N–H and O–H groups in total. The van der Waals surface area contributed by atoms with Crippen LogP contribution >= 0.6 is 0 Å². The first-order valence-electron chi connectivity index (χ1n) is 10.7. The number of nitrogens with zero attached hydrogens (tertiary/aromatic N) is 1. The SMILES string of the molecule is CCC(NC(=O)CCc1oc(C(C)(C)C)nc1C)c1ccc2c(c1)CCCC2. The number of oxazole rings is 1. The Balaban J connectivity index is 1.61. The van der Waals surface area contributed by atoms with Gasteiger partial charge in [0.15, 0.2) is 5.89 Å². The zero-order chi connectivity index (χ0) is 20.3. The molecule has 0 radical (unpaired) electrons. The molecule has 1 aromatic heterocycles. The van der Waals surface area contributed by atoms with E-state index in [1.54, 1.807) is 0 Å². The van der Waals surface area contributed by atoms with Gasteiger partial charge >= 0.3 is 0 Å². The second-order valence-corrected chi connectivity index (χ2v) is 9.04. The van der Waals surface area contributed by atoms with Crippen molar-refractivity contribution < 1.29 is 9.21 Å². The van der Waals surface area contributed by atoms with Gasteiger partial charge in [-0.2, -0.15) is 0 Å². The van der Waals surface area contributed by atoms with Crippen LogP contribution in [0.15, 0.2) is 22.6 Å². The molecular weight excluding hydrogens is 348 g/mol. The molecule has 1 aromatic carbocycles. The summed E-state index contributed by atoms with van der Waals surface area (Å²) in [4.78, 5) is 17.1. The fourth-order valence-corrected chi connectivity index (χ4v) is 3.87. The number of carbonyl (C=O) groups excluding carboxylic acids is 1. The monoisotopic (exact) mass is 382 g/mol. The first-order chi connectivity index (χ1) is 13.3. The van der Waals surface area contributed by atoms with E-state index in [9.17, 15) is 4.79 Å². The molecule has 4 heteroatoms. The number of rotatable bonds is 6. The van der Waals surface area contributed by atoms with Crippen LogP contribution in [0.2, 0.25) is 0 Å². The van der Waals surface area contributed by atoms with E-state index < -0.39 is 0 Å². The third kappa shape index (κ3) is 4.84. The smallest absolute Gasteiger partial charge is 0.220 e. The van der Waals surface area contributed by atoms with Gasteiger partial charge in [0.1, 0.15) is 5.76 Å². The number of carbonyl (C=O) groups is 1. The van der Waals surface area contributed by atoms with Crippen molar-refractivity contribution in [2.24, 2.45) is 0 Å². The van der Waals surface area contributed by atoms with Gasteiger partial charge in [-0.25, -0.2) is 4.98 Å². The second-order valence-electron chi connectivity index (χ2n) is 9.04. The van der Waals surface area contributed by atoms with Gasteiger partial charge in [-0.15, -0.1) is 0 Å². The molecule has 3 rings (SSSR count). The summed E-state index contributed by atoms with van der Waals surface area (Å²) in [5.74, 6) is 1.63. The molecule has 1 aliphatic rings. The second kappa shape index (κ2) is 8.50. The van der Waals surface area contributed by atoms with Gasteiger partial charge in [-0.3, -0.25) is 4.79 Å². The number of fused-ring (bicyclic) bond motifs is 1. The molecule has 0 bridgehead atoms. The van der Waals surface area contributed by atoms with Gasteiger partial charge in [0, 0.05) is 18.3 Å². The zero-order valence-corrected chi connectivity index (χ0v) is 18.0. The first-order valence-corrected chi connectivity index (χ1v) is 10.7. The predicted molar refractivity (Wildman–Crippen MR) is 113 cm³/mol. The van der Waals surface area contributed by atoms with Crippen LogP contribution in [-0.4, -0.2) is 10.9 Å². The number of hydrogen-bond donors (Lipinski definition) is 1. The van der Waals surface area contributed by atoms with Crippen LogP contribution in [0, 0.1) is 6.92 Å². The molecule has 28 heavy (non-hydrogen) atoms. The summed E-state index contributed by atoms with van der Waals surface area (Å²) in [6.07, 6.45) is 6.80. The molecule has 152 valence electrons. The van der Waals surface area contributed by atoms with E-state index in [1.165, 1.54) is 36.0 Å². The maximum absolute atomic E-state index is 12.6. The average Bonchev–Trinajstić information content (AvgIpc) is 3.05. The van der Waals surface area contributed by atoms with E-state index in [2.05, 4.69) is 56.2 Å². The molecule has 1 unspecified atom stereocenters. The molecule has 0 aliphatic heterocycles. The molecule has 1 amide bonds. The van der Waals surface area contributed by atoms with Crippen LogP contribution in [0.5, 0.6) is 0 Å². The van der Waals surface area contributed by atoms with Crippen LogP contribution in [0.1, 0.15) is 93.5 Å². The minimum Gasteiger partial charge on any atom is -0.445 e. The summed E-state index contributed by atoms with van der Waals surface area (Å²) >= 11 is 0. The molecule has 0 fully saturated rings. The highest BCUT2D eigenvalue weighted by molar-refractivity contribution is 5.76. The number of hydrogen-bond acceptors (Lipinski definition) is 3. The molecule has 1 atom stereocenters. The van der Waals surface area contributed by atoms with Crippen LogP contribution in [-0.2, 0) is 29.5 Å². The predicted octanol–water partition coefficient (Wildman–Crippen LogP) is 5.36. The highest BCUT2D eigenvalue weighted by Crippen LogP contribution is 2.27. The van der Waals surface area contributed by atoms with Crippen molar-refractivity contribution in [1.82, 2.24) is 10.3 Å². The van der Waals surface area contributed by atoms with Gasteiger partial charge in [0.2, 0.25) is 5.91 Å². The van der Waals surface area contributed by atoms with E-state index in [0.29, 0.717) is 12.8 Å². The lowest BCUT2D eigenvalue weighted by Gasteiger charge is -2.21. The van der Waals surface area contributed by atoms with Crippen molar-refractivity contribution in [2.45, 2.75) is 91.0 Å². The molecular formula is C24H34N2O2. The Morgan fingerprint density at radius 3 is 2.57 bits per heavy atom. The number of amides is 1. The molecule has 0 spiro atoms. The van der Waals surface area contributed by atoms with Gasteiger partial charge in [-0.05, 0) is 55.7 Å². The number of aromatic nitrogens is 1. The van der Waals surface area contributed by atoms with Gasteiger partial charge in [0.25, 0.3) is 0 Å². The molecule has 0 saturated heterocycles. The van der Waals surface area contributed by atoms with E-state index in [4.69, 9.17) is 4.42 Å². The average molecular weight is 383 g/mol. The lowest BCUT2D eigenvalue weighted by molar-refractivity contribution is -0.121. The maximum Gasteiger partial charge on any atom is 0.220 e. The van der Waals surface area contributed by atoms with Crippen molar-refractivity contribution in [2.75, 3.05) is 0 Å².